The molecule has 18 heavy (non-hydrogen) atoms. The van der Waals surface area contributed by atoms with Crippen molar-refractivity contribution in [3.8, 4) is 6.07 Å². The molecule has 0 bridgehead atoms. The number of nitrogens with zero attached hydrogens (tertiary/aromatic N) is 1. The number of ether oxygens (including phenoxy) is 2. The topological polar surface area (TPSA) is 88.4 Å². The Morgan fingerprint density at radius 1 is 1.50 bits per heavy atom. The lowest BCUT2D eigenvalue weighted by atomic mass is 10.1. The molecule has 0 aromatic rings. The normalized spacial score (nSPS) is 25.8. The van der Waals surface area contributed by atoms with Crippen LogP contribution in [-0.2, 0) is 14.3 Å². The van der Waals surface area contributed by atoms with E-state index < -0.39 is 23.2 Å². The summed E-state index contributed by atoms with van der Waals surface area (Å²) in [5.74, 6) is -0.740. The summed E-state index contributed by atoms with van der Waals surface area (Å²) >= 11 is 0. The first-order valence-electron chi connectivity index (χ1n) is 5.71. The standard InChI is InChI=1S/C12H18N2O4/c1-11(2,3)18-10(16)14-12(9(15)17-4)7-8(12)5-6-13/h8H,5,7H2,1-4H3,(H,14,16)/t8-,12-/m1/s1. The van der Waals surface area contributed by atoms with E-state index in [0.717, 1.165) is 0 Å². The van der Waals surface area contributed by atoms with Crippen molar-refractivity contribution < 1.29 is 19.1 Å². The summed E-state index contributed by atoms with van der Waals surface area (Å²) in [5, 5.41) is 11.2. The Kier molecular flexibility index (Phi) is 3.85. The van der Waals surface area contributed by atoms with Crippen LogP contribution in [0.15, 0.2) is 0 Å². The molecule has 0 radical (unpaired) electrons. The summed E-state index contributed by atoms with van der Waals surface area (Å²) in [6.45, 7) is 5.20. The third-order valence-corrected chi connectivity index (χ3v) is 2.72. The fourth-order valence-electron chi connectivity index (χ4n) is 1.81. The zero-order valence-corrected chi connectivity index (χ0v) is 11.1. The lowest BCUT2D eigenvalue weighted by Crippen LogP contribution is -2.47. The average Bonchev–Trinajstić information content (AvgIpc) is 2.89. The van der Waals surface area contributed by atoms with E-state index in [1.807, 2.05) is 6.07 Å². The molecule has 1 rings (SSSR count). The van der Waals surface area contributed by atoms with E-state index in [2.05, 4.69) is 10.1 Å². The van der Waals surface area contributed by atoms with Gasteiger partial charge in [0.2, 0.25) is 0 Å². The highest BCUT2D eigenvalue weighted by Gasteiger charge is 2.62. The minimum absolute atomic E-state index is 0.199. The van der Waals surface area contributed by atoms with Gasteiger partial charge in [-0.1, -0.05) is 0 Å². The maximum atomic E-state index is 11.7. The zero-order chi connectivity index (χ0) is 14.0. The highest BCUT2D eigenvalue weighted by Crippen LogP contribution is 2.46. The van der Waals surface area contributed by atoms with Gasteiger partial charge in [-0.2, -0.15) is 5.26 Å². The van der Waals surface area contributed by atoms with Crippen molar-refractivity contribution in [2.75, 3.05) is 7.11 Å². The van der Waals surface area contributed by atoms with Crippen LogP contribution in [0.25, 0.3) is 0 Å². The second kappa shape index (κ2) is 4.84. The minimum Gasteiger partial charge on any atom is -0.467 e. The molecular formula is C12H18N2O4. The monoisotopic (exact) mass is 254 g/mol. The van der Waals surface area contributed by atoms with Crippen LogP contribution in [0, 0.1) is 17.2 Å². The number of carbonyl (C=O) groups is 2. The minimum atomic E-state index is -1.09. The Balaban J connectivity index is 2.69. The SMILES string of the molecule is COC(=O)[C@@]1(NC(=O)OC(C)(C)C)C[C@H]1CC#N. The number of hydrogen-bond donors (Lipinski definition) is 1. The largest absolute Gasteiger partial charge is 0.467 e. The van der Waals surface area contributed by atoms with Crippen LogP contribution in [0.4, 0.5) is 4.79 Å². The molecule has 1 aliphatic carbocycles. The van der Waals surface area contributed by atoms with Crippen LogP contribution in [0.5, 0.6) is 0 Å². The molecular weight excluding hydrogens is 236 g/mol. The second-order valence-electron chi connectivity index (χ2n) is 5.35. The number of carbonyl (C=O) groups excluding carboxylic acids is 2. The van der Waals surface area contributed by atoms with Gasteiger partial charge in [-0.15, -0.1) is 0 Å². The number of nitrogens with one attached hydrogen (secondary N) is 1. The van der Waals surface area contributed by atoms with E-state index in [1.54, 1.807) is 20.8 Å². The van der Waals surface area contributed by atoms with Crippen molar-refractivity contribution in [2.24, 2.45) is 5.92 Å². The fourth-order valence-corrected chi connectivity index (χ4v) is 1.81. The summed E-state index contributed by atoms with van der Waals surface area (Å²) in [4.78, 5) is 23.3. The average molecular weight is 254 g/mol. The molecule has 6 nitrogen and oxygen atoms in total. The molecule has 0 heterocycles. The first-order chi connectivity index (χ1) is 8.25. The summed E-state index contributed by atoms with van der Waals surface area (Å²) in [6.07, 6.45) is -0.0643. The molecule has 1 saturated carbocycles. The van der Waals surface area contributed by atoms with Crippen molar-refractivity contribution in [1.82, 2.24) is 5.32 Å². The molecule has 0 spiro atoms. The van der Waals surface area contributed by atoms with Crippen molar-refractivity contribution in [2.45, 2.75) is 44.8 Å². The van der Waals surface area contributed by atoms with Gasteiger partial charge in [-0.05, 0) is 27.2 Å². The molecule has 1 fully saturated rings. The molecule has 6 heteroatoms. The zero-order valence-electron chi connectivity index (χ0n) is 11.1. The van der Waals surface area contributed by atoms with Gasteiger partial charge in [-0.25, -0.2) is 9.59 Å². The number of rotatable bonds is 3. The van der Waals surface area contributed by atoms with E-state index >= 15 is 0 Å². The molecule has 1 N–H and O–H groups in total. The lowest BCUT2D eigenvalue weighted by Gasteiger charge is -2.22. The van der Waals surface area contributed by atoms with Gasteiger partial charge in [0.1, 0.15) is 11.1 Å². The molecule has 100 valence electrons. The molecule has 0 saturated heterocycles. The summed E-state index contributed by atoms with van der Waals surface area (Å²) in [6, 6.07) is 1.98. The molecule has 0 aliphatic heterocycles. The first kappa shape index (κ1) is 14.3. The fraction of sp³-hybridized carbons (Fsp3) is 0.750. The van der Waals surface area contributed by atoms with Crippen LogP contribution in [0.1, 0.15) is 33.6 Å². The van der Waals surface area contributed by atoms with E-state index in [4.69, 9.17) is 10.00 Å². The Bertz CT molecular complexity index is 394. The summed E-state index contributed by atoms with van der Waals surface area (Å²) < 4.78 is 9.76. The third kappa shape index (κ3) is 3.13. The van der Waals surface area contributed by atoms with E-state index in [-0.39, 0.29) is 12.3 Å². The maximum Gasteiger partial charge on any atom is 0.408 e. The predicted molar refractivity (Wildman–Crippen MR) is 62.5 cm³/mol. The Morgan fingerprint density at radius 3 is 2.56 bits per heavy atom. The van der Waals surface area contributed by atoms with Gasteiger partial charge >= 0.3 is 12.1 Å². The van der Waals surface area contributed by atoms with Crippen molar-refractivity contribution in [3.63, 3.8) is 0 Å². The molecule has 0 unspecified atom stereocenters. The maximum absolute atomic E-state index is 11.7. The van der Waals surface area contributed by atoms with Crippen LogP contribution >= 0.6 is 0 Å². The number of esters is 1. The van der Waals surface area contributed by atoms with Crippen LogP contribution < -0.4 is 5.32 Å². The van der Waals surface area contributed by atoms with E-state index in [1.165, 1.54) is 7.11 Å². The van der Waals surface area contributed by atoms with Gasteiger partial charge in [0.15, 0.2) is 0 Å². The van der Waals surface area contributed by atoms with Gasteiger partial charge < -0.3 is 14.8 Å². The van der Waals surface area contributed by atoms with E-state index in [0.29, 0.717) is 6.42 Å². The molecule has 1 aliphatic rings. The third-order valence-electron chi connectivity index (χ3n) is 2.72. The van der Waals surface area contributed by atoms with Crippen molar-refractivity contribution >= 4 is 12.1 Å². The van der Waals surface area contributed by atoms with Crippen LogP contribution in [0.3, 0.4) is 0 Å². The number of nitriles is 1. The van der Waals surface area contributed by atoms with Crippen molar-refractivity contribution in [3.05, 3.63) is 0 Å². The summed E-state index contributed by atoms with van der Waals surface area (Å²) in [5.41, 5.74) is -1.73. The number of alkyl carbamates (subject to hydrolysis) is 1. The van der Waals surface area contributed by atoms with Crippen LogP contribution in [-0.4, -0.2) is 30.3 Å². The van der Waals surface area contributed by atoms with Gasteiger partial charge in [0.05, 0.1) is 13.2 Å². The highest BCUT2D eigenvalue weighted by molar-refractivity contribution is 5.89. The number of amides is 1. The predicted octanol–water partition coefficient (Wildman–Crippen LogP) is 1.36. The van der Waals surface area contributed by atoms with E-state index in [9.17, 15) is 9.59 Å². The Labute approximate surface area is 106 Å². The Hall–Kier alpha value is -1.77. The number of hydrogen-bond acceptors (Lipinski definition) is 5. The molecule has 0 aromatic carbocycles. The number of methoxy groups -OCH3 is 1. The van der Waals surface area contributed by atoms with Crippen molar-refractivity contribution in [1.29, 1.82) is 5.26 Å². The lowest BCUT2D eigenvalue weighted by molar-refractivity contribution is -0.144. The van der Waals surface area contributed by atoms with Crippen LogP contribution in [0.2, 0.25) is 0 Å². The molecule has 0 aromatic heterocycles. The summed E-state index contributed by atoms with van der Waals surface area (Å²) in [7, 11) is 1.25. The highest BCUT2D eigenvalue weighted by atomic mass is 16.6. The van der Waals surface area contributed by atoms with Gasteiger partial charge in [-0.3, -0.25) is 0 Å². The second-order valence-corrected chi connectivity index (χ2v) is 5.35. The smallest absolute Gasteiger partial charge is 0.408 e. The van der Waals surface area contributed by atoms with Gasteiger partial charge in [0, 0.05) is 12.3 Å². The first-order valence-corrected chi connectivity index (χ1v) is 5.71. The molecule has 1 amide bonds. The van der Waals surface area contributed by atoms with Gasteiger partial charge in [0.25, 0.3) is 0 Å². The quantitative estimate of drug-likeness (QED) is 0.768. The molecule has 2 atom stereocenters. The Morgan fingerprint density at radius 2 is 2.11 bits per heavy atom.